The van der Waals surface area contributed by atoms with E-state index in [0.717, 1.165) is 0 Å². The van der Waals surface area contributed by atoms with E-state index in [0.29, 0.717) is 13.1 Å². The molecular weight excluding hydrogens is 266 g/mol. The van der Waals surface area contributed by atoms with E-state index in [1.807, 2.05) is 18.9 Å². The second-order valence-electron chi connectivity index (χ2n) is 5.33. The van der Waals surface area contributed by atoms with Crippen molar-refractivity contribution in [2.45, 2.75) is 27.3 Å². The van der Waals surface area contributed by atoms with Gasteiger partial charge in [-0.15, -0.1) is 0 Å². The molecule has 21 heavy (non-hydrogen) atoms. The van der Waals surface area contributed by atoms with Gasteiger partial charge in [0.15, 0.2) is 0 Å². The first-order valence-electron chi connectivity index (χ1n) is 7.20. The van der Waals surface area contributed by atoms with Crippen LogP contribution in [0.15, 0.2) is 18.2 Å². The van der Waals surface area contributed by atoms with E-state index in [1.165, 1.54) is 16.7 Å². The molecule has 0 unspecified atom stereocenters. The Morgan fingerprint density at radius 1 is 1.14 bits per heavy atom. The standard InChI is InChI=1S/C16H25N3O2/c1-5-17-15(20)9-18-16(21)11-19(4)10-14-7-6-12(2)8-13(14)3/h6-8H,5,9-11H2,1-4H3,(H,17,20)(H,18,21). The Labute approximate surface area is 126 Å². The van der Waals surface area contributed by atoms with Crippen molar-refractivity contribution >= 4 is 11.8 Å². The first kappa shape index (κ1) is 17.2. The molecule has 5 nitrogen and oxygen atoms in total. The predicted molar refractivity (Wildman–Crippen MR) is 83.9 cm³/mol. The van der Waals surface area contributed by atoms with Crippen LogP contribution in [-0.4, -0.2) is 43.4 Å². The molecule has 0 saturated carbocycles. The maximum atomic E-state index is 11.8. The van der Waals surface area contributed by atoms with Crippen molar-refractivity contribution in [1.82, 2.24) is 15.5 Å². The number of carbonyl (C=O) groups is 2. The molecule has 0 aliphatic rings. The van der Waals surface area contributed by atoms with E-state index in [9.17, 15) is 9.59 Å². The highest BCUT2D eigenvalue weighted by atomic mass is 16.2. The van der Waals surface area contributed by atoms with Crippen molar-refractivity contribution in [1.29, 1.82) is 0 Å². The van der Waals surface area contributed by atoms with E-state index >= 15 is 0 Å². The van der Waals surface area contributed by atoms with Gasteiger partial charge in [0.1, 0.15) is 0 Å². The number of amides is 2. The maximum Gasteiger partial charge on any atom is 0.239 e. The Hall–Kier alpha value is -1.88. The van der Waals surface area contributed by atoms with E-state index < -0.39 is 0 Å². The smallest absolute Gasteiger partial charge is 0.239 e. The second kappa shape index (κ2) is 8.42. The Morgan fingerprint density at radius 2 is 1.86 bits per heavy atom. The van der Waals surface area contributed by atoms with Crippen LogP contribution in [0.3, 0.4) is 0 Å². The molecule has 0 fully saturated rings. The van der Waals surface area contributed by atoms with Crippen molar-refractivity contribution in [3.63, 3.8) is 0 Å². The Balaban J connectivity index is 2.40. The number of nitrogens with zero attached hydrogens (tertiary/aromatic N) is 1. The molecule has 0 bridgehead atoms. The lowest BCUT2D eigenvalue weighted by atomic mass is 10.1. The van der Waals surface area contributed by atoms with Crippen LogP contribution in [0.25, 0.3) is 0 Å². The fourth-order valence-corrected chi connectivity index (χ4v) is 2.11. The van der Waals surface area contributed by atoms with Gasteiger partial charge in [0.2, 0.25) is 11.8 Å². The fraction of sp³-hybridized carbons (Fsp3) is 0.500. The Bertz CT molecular complexity index is 500. The van der Waals surface area contributed by atoms with Crippen LogP contribution in [0, 0.1) is 13.8 Å². The number of hydrogen-bond acceptors (Lipinski definition) is 3. The van der Waals surface area contributed by atoms with Gasteiger partial charge < -0.3 is 10.6 Å². The summed E-state index contributed by atoms with van der Waals surface area (Å²) in [7, 11) is 1.89. The first-order valence-corrected chi connectivity index (χ1v) is 7.20. The van der Waals surface area contributed by atoms with Crippen LogP contribution in [0.1, 0.15) is 23.6 Å². The molecule has 1 rings (SSSR count). The summed E-state index contributed by atoms with van der Waals surface area (Å²) in [6.45, 7) is 7.57. The van der Waals surface area contributed by atoms with Gasteiger partial charge in [-0.3, -0.25) is 14.5 Å². The number of likely N-dealkylation sites (N-methyl/N-ethyl adjacent to an activating group) is 2. The molecule has 0 aliphatic carbocycles. The third-order valence-corrected chi connectivity index (χ3v) is 3.17. The zero-order chi connectivity index (χ0) is 15.8. The molecule has 0 atom stereocenters. The Kier molecular flexibility index (Phi) is 6.88. The molecule has 2 amide bonds. The average molecular weight is 291 g/mol. The molecule has 116 valence electrons. The number of rotatable bonds is 7. The highest BCUT2D eigenvalue weighted by molar-refractivity contribution is 5.85. The first-order chi connectivity index (χ1) is 9.92. The number of nitrogens with one attached hydrogen (secondary N) is 2. The predicted octanol–water partition coefficient (Wildman–Crippen LogP) is 0.988. The van der Waals surface area contributed by atoms with Crippen LogP contribution in [0.5, 0.6) is 0 Å². The zero-order valence-corrected chi connectivity index (χ0v) is 13.3. The van der Waals surface area contributed by atoms with Crippen LogP contribution < -0.4 is 10.6 Å². The number of benzene rings is 1. The van der Waals surface area contributed by atoms with Crippen LogP contribution >= 0.6 is 0 Å². The number of aryl methyl sites for hydroxylation is 2. The van der Waals surface area contributed by atoms with Gasteiger partial charge in [-0.2, -0.15) is 0 Å². The molecule has 0 saturated heterocycles. The SMILES string of the molecule is CCNC(=O)CNC(=O)CN(C)Cc1ccc(C)cc1C. The summed E-state index contributed by atoms with van der Waals surface area (Å²) < 4.78 is 0. The van der Waals surface area contributed by atoms with Crippen LogP contribution in [0.4, 0.5) is 0 Å². The number of hydrogen-bond donors (Lipinski definition) is 2. The van der Waals surface area contributed by atoms with Crippen molar-refractivity contribution in [2.75, 3.05) is 26.7 Å². The third kappa shape index (κ3) is 6.40. The average Bonchev–Trinajstić information content (AvgIpc) is 2.40. The van der Waals surface area contributed by atoms with Gasteiger partial charge in [0.25, 0.3) is 0 Å². The van der Waals surface area contributed by atoms with E-state index in [2.05, 4.69) is 42.7 Å². The minimum atomic E-state index is -0.164. The third-order valence-electron chi connectivity index (χ3n) is 3.17. The monoisotopic (exact) mass is 291 g/mol. The van der Waals surface area contributed by atoms with Gasteiger partial charge in [-0.1, -0.05) is 23.8 Å². The van der Waals surface area contributed by atoms with Crippen LogP contribution in [-0.2, 0) is 16.1 Å². The molecule has 1 aromatic carbocycles. The molecule has 2 N–H and O–H groups in total. The molecule has 0 heterocycles. The minimum Gasteiger partial charge on any atom is -0.355 e. The van der Waals surface area contributed by atoms with Crippen LogP contribution in [0.2, 0.25) is 0 Å². The highest BCUT2D eigenvalue weighted by Crippen LogP contribution is 2.12. The second-order valence-corrected chi connectivity index (χ2v) is 5.33. The Morgan fingerprint density at radius 3 is 2.48 bits per heavy atom. The number of carbonyl (C=O) groups excluding carboxylic acids is 2. The summed E-state index contributed by atoms with van der Waals surface area (Å²) in [6, 6.07) is 6.30. The summed E-state index contributed by atoms with van der Waals surface area (Å²) in [5, 5.41) is 5.25. The van der Waals surface area contributed by atoms with E-state index in [1.54, 1.807) is 0 Å². The molecule has 0 spiro atoms. The molecule has 1 aromatic rings. The normalized spacial score (nSPS) is 10.5. The zero-order valence-electron chi connectivity index (χ0n) is 13.3. The lowest BCUT2D eigenvalue weighted by Gasteiger charge is -2.18. The van der Waals surface area contributed by atoms with Crippen molar-refractivity contribution in [3.05, 3.63) is 34.9 Å². The van der Waals surface area contributed by atoms with Gasteiger partial charge in [-0.25, -0.2) is 0 Å². The summed E-state index contributed by atoms with van der Waals surface area (Å²) in [5.41, 5.74) is 3.67. The maximum absolute atomic E-state index is 11.8. The molecule has 0 aliphatic heterocycles. The largest absolute Gasteiger partial charge is 0.355 e. The molecule has 0 radical (unpaired) electrons. The summed E-state index contributed by atoms with van der Waals surface area (Å²) >= 11 is 0. The van der Waals surface area contributed by atoms with Gasteiger partial charge in [0.05, 0.1) is 13.1 Å². The minimum absolute atomic E-state index is 0.0318. The van der Waals surface area contributed by atoms with Gasteiger partial charge in [0, 0.05) is 13.1 Å². The lowest BCUT2D eigenvalue weighted by molar-refractivity contribution is -0.126. The van der Waals surface area contributed by atoms with E-state index in [4.69, 9.17) is 0 Å². The summed E-state index contributed by atoms with van der Waals surface area (Å²) in [4.78, 5) is 25.0. The quantitative estimate of drug-likeness (QED) is 0.787. The van der Waals surface area contributed by atoms with Gasteiger partial charge >= 0.3 is 0 Å². The summed E-state index contributed by atoms with van der Waals surface area (Å²) in [5.74, 6) is -0.309. The van der Waals surface area contributed by atoms with Gasteiger partial charge in [-0.05, 0) is 38.9 Å². The van der Waals surface area contributed by atoms with Crippen molar-refractivity contribution in [3.8, 4) is 0 Å². The topological polar surface area (TPSA) is 61.4 Å². The van der Waals surface area contributed by atoms with Crippen molar-refractivity contribution < 1.29 is 9.59 Å². The molecular formula is C16H25N3O2. The fourth-order valence-electron chi connectivity index (χ4n) is 2.11. The molecule has 0 aromatic heterocycles. The lowest BCUT2D eigenvalue weighted by Crippen LogP contribution is -2.41. The molecule has 5 heteroatoms. The van der Waals surface area contributed by atoms with E-state index in [-0.39, 0.29) is 24.9 Å². The summed E-state index contributed by atoms with van der Waals surface area (Å²) in [6.07, 6.45) is 0. The van der Waals surface area contributed by atoms with Crippen molar-refractivity contribution in [2.24, 2.45) is 0 Å². The highest BCUT2D eigenvalue weighted by Gasteiger charge is 2.09.